The molecule has 0 amide bonds. The van der Waals surface area contributed by atoms with Crippen LogP contribution in [0.15, 0.2) is 47.3 Å². The summed E-state index contributed by atoms with van der Waals surface area (Å²) < 4.78 is 5.15. The van der Waals surface area contributed by atoms with Crippen molar-refractivity contribution >= 4 is 16.9 Å². The van der Waals surface area contributed by atoms with E-state index < -0.39 is 5.97 Å². The summed E-state index contributed by atoms with van der Waals surface area (Å²) in [5.41, 5.74) is 0.812. The van der Waals surface area contributed by atoms with Crippen molar-refractivity contribution in [3.05, 3.63) is 58.4 Å². The minimum atomic E-state index is -1.09. The molecule has 0 unspecified atom stereocenters. The van der Waals surface area contributed by atoms with Crippen LogP contribution in [0.4, 0.5) is 0 Å². The third-order valence-electron chi connectivity index (χ3n) is 3.30. The Bertz CT molecular complexity index is 931. The SMILES string of the molecule is COc1cccc(-c2nc3ccc(C(=O)O)cc3c(=O)[nH]2)c1. The molecule has 0 aliphatic carbocycles. The number of carboxylic acid groups (broad SMARTS) is 1. The van der Waals surface area contributed by atoms with Gasteiger partial charge in [-0.15, -0.1) is 0 Å². The summed E-state index contributed by atoms with van der Waals surface area (Å²) in [6.45, 7) is 0. The number of methoxy groups -OCH3 is 1. The fourth-order valence-corrected chi connectivity index (χ4v) is 2.18. The van der Waals surface area contributed by atoms with Gasteiger partial charge in [-0.3, -0.25) is 4.79 Å². The van der Waals surface area contributed by atoms with E-state index in [-0.39, 0.29) is 16.5 Å². The molecule has 2 N–H and O–H groups in total. The number of aromatic carboxylic acids is 1. The average Bonchev–Trinajstić information content (AvgIpc) is 2.54. The molecule has 3 aromatic rings. The Kier molecular flexibility index (Phi) is 3.34. The van der Waals surface area contributed by atoms with Crippen LogP contribution in [-0.4, -0.2) is 28.2 Å². The lowest BCUT2D eigenvalue weighted by Gasteiger charge is -2.06. The summed E-state index contributed by atoms with van der Waals surface area (Å²) in [5, 5.41) is 9.22. The molecule has 0 radical (unpaired) electrons. The maximum absolute atomic E-state index is 12.2. The molecule has 3 rings (SSSR count). The molecule has 1 heterocycles. The van der Waals surface area contributed by atoms with Crippen molar-refractivity contribution in [1.82, 2.24) is 9.97 Å². The Morgan fingerprint density at radius 2 is 2.05 bits per heavy atom. The molecule has 1 aromatic heterocycles. The molecule has 0 saturated carbocycles. The molecule has 2 aromatic carbocycles. The molecule has 0 aliphatic rings. The van der Waals surface area contributed by atoms with E-state index in [4.69, 9.17) is 9.84 Å². The third kappa shape index (κ3) is 2.42. The largest absolute Gasteiger partial charge is 0.497 e. The Balaban J connectivity index is 2.19. The molecule has 0 fully saturated rings. The summed E-state index contributed by atoms with van der Waals surface area (Å²) in [6.07, 6.45) is 0. The summed E-state index contributed by atoms with van der Waals surface area (Å²) in [5.74, 6) is -0.0286. The second-order valence-electron chi connectivity index (χ2n) is 4.68. The molecule has 6 nitrogen and oxygen atoms in total. The van der Waals surface area contributed by atoms with Crippen molar-refractivity contribution in [2.75, 3.05) is 7.11 Å². The Morgan fingerprint density at radius 1 is 1.23 bits per heavy atom. The van der Waals surface area contributed by atoms with E-state index in [1.165, 1.54) is 18.2 Å². The molecule has 0 saturated heterocycles. The van der Waals surface area contributed by atoms with Crippen molar-refractivity contribution < 1.29 is 14.6 Å². The van der Waals surface area contributed by atoms with Crippen LogP contribution in [-0.2, 0) is 0 Å². The van der Waals surface area contributed by atoms with Crippen molar-refractivity contribution in [2.24, 2.45) is 0 Å². The summed E-state index contributed by atoms with van der Waals surface area (Å²) in [7, 11) is 1.56. The fraction of sp³-hybridized carbons (Fsp3) is 0.0625. The molecule has 6 heteroatoms. The van der Waals surface area contributed by atoms with E-state index in [1.807, 2.05) is 0 Å². The number of H-pyrrole nitrogens is 1. The van der Waals surface area contributed by atoms with Gasteiger partial charge >= 0.3 is 5.97 Å². The minimum Gasteiger partial charge on any atom is -0.497 e. The molecule has 0 spiro atoms. The number of benzene rings is 2. The van der Waals surface area contributed by atoms with Crippen molar-refractivity contribution in [2.45, 2.75) is 0 Å². The molecule has 110 valence electrons. The average molecular weight is 296 g/mol. The Morgan fingerprint density at radius 3 is 2.77 bits per heavy atom. The van der Waals surface area contributed by atoms with Gasteiger partial charge in [0.15, 0.2) is 0 Å². The normalized spacial score (nSPS) is 10.6. The number of aromatic amines is 1. The summed E-state index contributed by atoms with van der Waals surface area (Å²) >= 11 is 0. The van der Waals surface area contributed by atoms with Gasteiger partial charge in [-0.05, 0) is 30.3 Å². The first-order valence-electron chi connectivity index (χ1n) is 6.50. The van der Waals surface area contributed by atoms with Gasteiger partial charge < -0.3 is 14.8 Å². The zero-order valence-corrected chi connectivity index (χ0v) is 11.7. The lowest BCUT2D eigenvalue weighted by molar-refractivity contribution is 0.0697. The molecule has 0 atom stereocenters. The first-order valence-corrected chi connectivity index (χ1v) is 6.50. The second-order valence-corrected chi connectivity index (χ2v) is 4.68. The van der Waals surface area contributed by atoms with E-state index in [0.717, 1.165) is 0 Å². The quantitative estimate of drug-likeness (QED) is 0.773. The van der Waals surface area contributed by atoms with Gasteiger partial charge in [0.2, 0.25) is 0 Å². The van der Waals surface area contributed by atoms with E-state index in [1.54, 1.807) is 31.4 Å². The van der Waals surface area contributed by atoms with Crippen LogP contribution in [0.1, 0.15) is 10.4 Å². The van der Waals surface area contributed by atoms with Gasteiger partial charge in [-0.2, -0.15) is 0 Å². The van der Waals surface area contributed by atoms with Gasteiger partial charge in [0.25, 0.3) is 5.56 Å². The monoisotopic (exact) mass is 296 g/mol. The smallest absolute Gasteiger partial charge is 0.335 e. The van der Waals surface area contributed by atoms with Crippen LogP contribution >= 0.6 is 0 Å². The Labute approximate surface area is 125 Å². The first-order chi connectivity index (χ1) is 10.6. The highest BCUT2D eigenvalue weighted by atomic mass is 16.5. The summed E-state index contributed by atoms with van der Waals surface area (Å²) in [6, 6.07) is 11.4. The van der Waals surface area contributed by atoms with Crippen molar-refractivity contribution in [1.29, 1.82) is 0 Å². The third-order valence-corrected chi connectivity index (χ3v) is 3.30. The predicted molar refractivity (Wildman–Crippen MR) is 81.3 cm³/mol. The molecular formula is C16H12N2O4. The van der Waals surface area contributed by atoms with Gasteiger partial charge in [-0.25, -0.2) is 9.78 Å². The number of hydrogen-bond donors (Lipinski definition) is 2. The number of nitrogens with zero attached hydrogens (tertiary/aromatic N) is 1. The number of carboxylic acids is 1. The highest BCUT2D eigenvalue weighted by Crippen LogP contribution is 2.21. The van der Waals surface area contributed by atoms with Crippen LogP contribution in [0.2, 0.25) is 0 Å². The lowest BCUT2D eigenvalue weighted by Crippen LogP contribution is -2.10. The number of hydrogen-bond acceptors (Lipinski definition) is 4. The fourth-order valence-electron chi connectivity index (χ4n) is 2.18. The zero-order chi connectivity index (χ0) is 15.7. The second kappa shape index (κ2) is 5.33. The number of nitrogens with one attached hydrogen (secondary N) is 1. The van der Waals surface area contributed by atoms with E-state index in [2.05, 4.69) is 9.97 Å². The Hall–Kier alpha value is -3.15. The van der Waals surface area contributed by atoms with Gasteiger partial charge in [0, 0.05) is 5.56 Å². The molecular weight excluding hydrogens is 284 g/mol. The number of ether oxygens (including phenoxy) is 1. The maximum Gasteiger partial charge on any atom is 0.335 e. The molecule has 0 bridgehead atoms. The zero-order valence-electron chi connectivity index (χ0n) is 11.7. The highest BCUT2D eigenvalue weighted by Gasteiger charge is 2.10. The van der Waals surface area contributed by atoms with E-state index in [0.29, 0.717) is 22.7 Å². The summed E-state index contributed by atoms with van der Waals surface area (Å²) in [4.78, 5) is 30.2. The lowest BCUT2D eigenvalue weighted by atomic mass is 10.1. The van der Waals surface area contributed by atoms with Gasteiger partial charge in [0.05, 0.1) is 23.6 Å². The minimum absolute atomic E-state index is 0.0499. The van der Waals surface area contributed by atoms with Crippen LogP contribution < -0.4 is 10.3 Å². The van der Waals surface area contributed by atoms with E-state index in [9.17, 15) is 9.59 Å². The van der Waals surface area contributed by atoms with Crippen LogP contribution in [0.25, 0.3) is 22.3 Å². The van der Waals surface area contributed by atoms with Crippen molar-refractivity contribution in [3.8, 4) is 17.1 Å². The standard InChI is InChI=1S/C16H12N2O4/c1-22-11-4-2-3-9(7-11)14-17-13-6-5-10(16(20)21)8-12(13)15(19)18-14/h2-8H,1H3,(H,20,21)(H,17,18,19). The van der Waals surface area contributed by atoms with Crippen LogP contribution in [0.5, 0.6) is 5.75 Å². The van der Waals surface area contributed by atoms with Gasteiger partial charge in [0.1, 0.15) is 11.6 Å². The number of rotatable bonds is 3. The highest BCUT2D eigenvalue weighted by molar-refractivity contribution is 5.93. The topological polar surface area (TPSA) is 92.3 Å². The van der Waals surface area contributed by atoms with Crippen LogP contribution in [0.3, 0.4) is 0 Å². The predicted octanol–water partition coefficient (Wildman–Crippen LogP) is 2.30. The maximum atomic E-state index is 12.2. The number of fused-ring (bicyclic) bond motifs is 1. The molecule has 0 aliphatic heterocycles. The van der Waals surface area contributed by atoms with Crippen LogP contribution in [0, 0.1) is 0 Å². The number of carbonyl (C=O) groups is 1. The van der Waals surface area contributed by atoms with Crippen molar-refractivity contribution in [3.63, 3.8) is 0 Å². The van der Waals surface area contributed by atoms with Gasteiger partial charge in [-0.1, -0.05) is 12.1 Å². The molecule has 22 heavy (non-hydrogen) atoms. The van der Waals surface area contributed by atoms with E-state index >= 15 is 0 Å². The first kappa shape index (κ1) is 13.8. The number of aromatic nitrogens is 2.